The van der Waals surface area contributed by atoms with E-state index in [9.17, 15) is 5.26 Å². The van der Waals surface area contributed by atoms with Gasteiger partial charge in [0.1, 0.15) is 0 Å². The van der Waals surface area contributed by atoms with Crippen LogP contribution in [0.15, 0.2) is 24.3 Å². The second kappa shape index (κ2) is 6.24. The third-order valence-corrected chi connectivity index (χ3v) is 3.94. The average molecular weight is 327 g/mol. The zero-order valence-electron chi connectivity index (χ0n) is 9.96. The molecule has 0 saturated heterocycles. The lowest BCUT2D eigenvalue weighted by Crippen LogP contribution is -2.20. The fourth-order valence-corrected chi connectivity index (χ4v) is 2.87. The molecule has 1 unspecified atom stereocenters. The number of benzene rings is 1. The Balaban J connectivity index is 2.88. The summed E-state index contributed by atoms with van der Waals surface area (Å²) in [5.41, 5.74) is 0.849. The highest BCUT2D eigenvalue weighted by atomic mass is 127. The largest absolute Gasteiger partial charge is 0.197 e. The highest BCUT2D eigenvalue weighted by Crippen LogP contribution is 2.32. The van der Waals surface area contributed by atoms with E-state index in [-0.39, 0.29) is 5.41 Å². The molecule has 1 nitrogen and oxygen atoms in total. The number of halogens is 1. The summed E-state index contributed by atoms with van der Waals surface area (Å²) in [7, 11) is 0. The first-order chi connectivity index (χ1) is 7.64. The monoisotopic (exact) mass is 327 g/mol. The van der Waals surface area contributed by atoms with Crippen LogP contribution in [0.25, 0.3) is 0 Å². The van der Waals surface area contributed by atoms with Crippen molar-refractivity contribution in [3.63, 3.8) is 0 Å². The molecule has 0 aromatic heterocycles. The minimum atomic E-state index is -0.326. The first-order valence-electron chi connectivity index (χ1n) is 5.80. The number of nitrogens with zero attached hydrogens (tertiary/aromatic N) is 1. The predicted octanol–water partition coefficient (Wildman–Crippen LogP) is 4.65. The average Bonchev–Trinajstić information content (AvgIpc) is 2.30. The molecule has 0 N–H and O–H groups in total. The van der Waals surface area contributed by atoms with E-state index in [1.807, 2.05) is 12.1 Å². The van der Waals surface area contributed by atoms with Crippen LogP contribution in [0.1, 0.15) is 45.1 Å². The molecule has 0 spiro atoms. The quantitative estimate of drug-likeness (QED) is 0.570. The van der Waals surface area contributed by atoms with Gasteiger partial charge in [0.15, 0.2) is 0 Å². The zero-order valence-corrected chi connectivity index (χ0v) is 12.1. The Hall–Kier alpha value is -0.560. The lowest BCUT2D eigenvalue weighted by atomic mass is 9.79. The predicted molar refractivity (Wildman–Crippen MR) is 76.3 cm³/mol. The number of nitriles is 1. The lowest BCUT2D eigenvalue weighted by molar-refractivity contribution is 0.507. The highest BCUT2D eigenvalue weighted by Gasteiger charge is 2.27. The van der Waals surface area contributed by atoms with Crippen molar-refractivity contribution in [2.45, 2.75) is 44.9 Å². The van der Waals surface area contributed by atoms with E-state index < -0.39 is 0 Å². The summed E-state index contributed by atoms with van der Waals surface area (Å²) in [6, 6.07) is 10.7. The summed E-state index contributed by atoms with van der Waals surface area (Å²) in [4.78, 5) is 0. The summed E-state index contributed by atoms with van der Waals surface area (Å²) in [5, 5.41) is 9.41. The van der Waals surface area contributed by atoms with Crippen LogP contribution < -0.4 is 0 Å². The maximum atomic E-state index is 9.41. The molecule has 86 valence electrons. The number of hydrogen-bond donors (Lipinski definition) is 0. The first-order valence-corrected chi connectivity index (χ1v) is 6.88. The summed E-state index contributed by atoms with van der Waals surface area (Å²) < 4.78 is 1.20. The molecule has 1 atom stereocenters. The van der Waals surface area contributed by atoms with Crippen LogP contribution >= 0.6 is 22.6 Å². The van der Waals surface area contributed by atoms with E-state index in [2.05, 4.69) is 54.6 Å². The van der Waals surface area contributed by atoms with Crippen molar-refractivity contribution in [1.82, 2.24) is 0 Å². The molecule has 0 amide bonds. The Morgan fingerprint density at radius 1 is 1.31 bits per heavy atom. The van der Waals surface area contributed by atoms with Crippen molar-refractivity contribution in [1.29, 1.82) is 5.26 Å². The summed E-state index contributed by atoms with van der Waals surface area (Å²) >= 11 is 2.32. The fraction of sp³-hybridized carbons (Fsp3) is 0.500. The highest BCUT2D eigenvalue weighted by molar-refractivity contribution is 14.1. The van der Waals surface area contributed by atoms with Gasteiger partial charge in [-0.05, 0) is 47.6 Å². The van der Waals surface area contributed by atoms with Crippen LogP contribution in [0.5, 0.6) is 0 Å². The topological polar surface area (TPSA) is 23.8 Å². The molecule has 1 aromatic carbocycles. The van der Waals surface area contributed by atoms with Gasteiger partial charge < -0.3 is 0 Å². The summed E-state index contributed by atoms with van der Waals surface area (Å²) in [6.07, 6.45) is 4.50. The van der Waals surface area contributed by atoms with Gasteiger partial charge in [-0.3, -0.25) is 0 Å². The zero-order chi connectivity index (χ0) is 12.0. The molecule has 0 bridgehead atoms. The molecule has 0 aliphatic carbocycles. The van der Waals surface area contributed by atoms with Gasteiger partial charge in [-0.15, -0.1) is 0 Å². The molecule has 1 aromatic rings. The van der Waals surface area contributed by atoms with Gasteiger partial charge in [-0.25, -0.2) is 0 Å². The van der Waals surface area contributed by atoms with Crippen molar-refractivity contribution < 1.29 is 0 Å². The van der Waals surface area contributed by atoms with Gasteiger partial charge in [-0.1, -0.05) is 44.4 Å². The Labute approximate surface area is 112 Å². The van der Waals surface area contributed by atoms with Gasteiger partial charge in [0.2, 0.25) is 0 Å². The van der Waals surface area contributed by atoms with E-state index in [1.165, 1.54) is 22.0 Å². The third-order valence-electron chi connectivity index (χ3n) is 3.00. The molecule has 0 radical (unpaired) electrons. The van der Waals surface area contributed by atoms with Crippen LogP contribution in [0.4, 0.5) is 0 Å². The Bertz CT molecular complexity index is 381. The Morgan fingerprint density at radius 2 is 2.00 bits per heavy atom. The number of unbranched alkanes of at least 4 members (excludes halogenated alkanes) is 2. The number of hydrogen-bond acceptors (Lipinski definition) is 1. The first kappa shape index (κ1) is 13.5. The third kappa shape index (κ3) is 3.21. The van der Waals surface area contributed by atoms with Gasteiger partial charge in [-0.2, -0.15) is 5.26 Å². The minimum absolute atomic E-state index is 0.326. The molecular weight excluding hydrogens is 309 g/mol. The molecular formula is C14H18IN. The fourth-order valence-electron chi connectivity index (χ4n) is 1.89. The second-order valence-corrected chi connectivity index (χ2v) is 5.54. The van der Waals surface area contributed by atoms with E-state index >= 15 is 0 Å². The lowest BCUT2D eigenvalue weighted by Gasteiger charge is -2.23. The van der Waals surface area contributed by atoms with Crippen LogP contribution in [-0.2, 0) is 5.41 Å². The van der Waals surface area contributed by atoms with Crippen molar-refractivity contribution in [3.8, 4) is 6.07 Å². The van der Waals surface area contributed by atoms with Crippen molar-refractivity contribution >= 4 is 22.6 Å². The van der Waals surface area contributed by atoms with Crippen molar-refractivity contribution in [2.24, 2.45) is 0 Å². The van der Waals surface area contributed by atoms with Crippen LogP contribution in [0, 0.1) is 14.9 Å². The van der Waals surface area contributed by atoms with Gasteiger partial charge >= 0.3 is 0 Å². The second-order valence-electron chi connectivity index (χ2n) is 4.38. The maximum absolute atomic E-state index is 9.41. The van der Waals surface area contributed by atoms with Gasteiger partial charge in [0.05, 0.1) is 11.5 Å². The smallest absolute Gasteiger partial charge is 0.0804 e. The van der Waals surface area contributed by atoms with E-state index in [0.717, 1.165) is 12.8 Å². The normalized spacial score (nSPS) is 14.1. The SMILES string of the molecule is CCCCCC(C)(C#N)c1ccccc1I. The van der Waals surface area contributed by atoms with Crippen LogP contribution in [0.2, 0.25) is 0 Å². The number of rotatable bonds is 5. The molecule has 1 rings (SSSR count). The van der Waals surface area contributed by atoms with Crippen LogP contribution in [-0.4, -0.2) is 0 Å². The standard InChI is InChI=1S/C14H18IN/c1-3-4-7-10-14(2,11-16)12-8-5-6-9-13(12)15/h5-6,8-9H,3-4,7,10H2,1-2H3. The molecule has 16 heavy (non-hydrogen) atoms. The van der Waals surface area contributed by atoms with Gasteiger partial charge in [0.25, 0.3) is 0 Å². The summed E-state index contributed by atoms with van der Waals surface area (Å²) in [5.74, 6) is 0. The Morgan fingerprint density at radius 3 is 2.56 bits per heavy atom. The summed E-state index contributed by atoms with van der Waals surface area (Å²) in [6.45, 7) is 4.25. The molecule has 2 heteroatoms. The molecule has 0 saturated carbocycles. The minimum Gasteiger partial charge on any atom is -0.197 e. The maximum Gasteiger partial charge on any atom is 0.0804 e. The van der Waals surface area contributed by atoms with Crippen molar-refractivity contribution in [2.75, 3.05) is 0 Å². The molecule has 0 aliphatic heterocycles. The van der Waals surface area contributed by atoms with Crippen molar-refractivity contribution in [3.05, 3.63) is 33.4 Å². The van der Waals surface area contributed by atoms with Crippen LogP contribution in [0.3, 0.4) is 0 Å². The Kier molecular flexibility index (Phi) is 5.27. The van der Waals surface area contributed by atoms with E-state index in [1.54, 1.807) is 0 Å². The molecule has 0 fully saturated rings. The van der Waals surface area contributed by atoms with Gasteiger partial charge in [0, 0.05) is 3.57 Å². The van der Waals surface area contributed by atoms with E-state index in [0.29, 0.717) is 0 Å². The molecule has 0 aliphatic rings. The van der Waals surface area contributed by atoms with E-state index in [4.69, 9.17) is 0 Å². The molecule has 0 heterocycles.